The van der Waals surface area contributed by atoms with Crippen LogP contribution in [-0.4, -0.2) is 32.7 Å². The van der Waals surface area contributed by atoms with E-state index in [1.54, 1.807) is 62.8 Å². The quantitative estimate of drug-likeness (QED) is 0.310. The molecule has 9 heteroatoms. The summed E-state index contributed by atoms with van der Waals surface area (Å²) < 4.78 is 21.6. The normalized spacial score (nSPS) is 10.4. The summed E-state index contributed by atoms with van der Waals surface area (Å²) in [5.41, 5.74) is 2.03. The minimum absolute atomic E-state index is 0.0339. The van der Waals surface area contributed by atoms with E-state index in [2.05, 4.69) is 11.4 Å². The van der Waals surface area contributed by atoms with Gasteiger partial charge in [-0.3, -0.25) is 14.9 Å². The number of esters is 1. The summed E-state index contributed by atoms with van der Waals surface area (Å²) in [7, 11) is 3.14. The summed E-state index contributed by atoms with van der Waals surface area (Å²) in [6, 6.07) is 20.1. The molecule has 4 aromatic rings. The maximum Gasteiger partial charge on any atom is 0.311 e. The lowest BCUT2D eigenvalue weighted by Gasteiger charge is -2.06. The van der Waals surface area contributed by atoms with Crippen LogP contribution >= 0.6 is 11.3 Å². The molecule has 182 valence electrons. The molecule has 4 rings (SSSR count). The molecule has 0 unspecified atom stereocenters. The van der Waals surface area contributed by atoms with Crippen molar-refractivity contribution in [1.82, 2.24) is 0 Å². The van der Waals surface area contributed by atoms with Crippen LogP contribution in [0.2, 0.25) is 0 Å². The summed E-state index contributed by atoms with van der Waals surface area (Å²) in [6.07, 6.45) is 0.0817. The first-order chi connectivity index (χ1) is 17.5. The number of benzene rings is 2. The Morgan fingerprint density at radius 1 is 0.972 bits per heavy atom. The number of nitrogens with zero attached hydrogens (tertiary/aromatic N) is 1. The van der Waals surface area contributed by atoms with Crippen molar-refractivity contribution < 1.29 is 28.2 Å². The molecule has 1 N–H and O–H groups in total. The number of furan rings is 1. The average molecular weight is 503 g/mol. The van der Waals surface area contributed by atoms with E-state index < -0.39 is 18.5 Å². The number of carbonyl (C=O) groups excluding carboxylic acids is 2. The first kappa shape index (κ1) is 24.6. The number of anilines is 1. The predicted molar refractivity (Wildman–Crippen MR) is 135 cm³/mol. The van der Waals surface area contributed by atoms with Crippen molar-refractivity contribution in [1.29, 1.82) is 5.26 Å². The third kappa shape index (κ3) is 5.56. The Kier molecular flexibility index (Phi) is 7.68. The van der Waals surface area contributed by atoms with E-state index in [0.29, 0.717) is 33.9 Å². The molecule has 0 atom stereocenters. The molecule has 0 bridgehead atoms. The number of hydrogen-bond donors (Lipinski definition) is 1. The summed E-state index contributed by atoms with van der Waals surface area (Å²) in [4.78, 5) is 25.4. The van der Waals surface area contributed by atoms with Gasteiger partial charge >= 0.3 is 5.97 Å². The fraction of sp³-hybridized carbons (Fsp3) is 0.148. The van der Waals surface area contributed by atoms with Gasteiger partial charge in [0.25, 0.3) is 5.91 Å². The van der Waals surface area contributed by atoms with Crippen LogP contribution < -0.4 is 14.8 Å². The van der Waals surface area contributed by atoms with Gasteiger partial charge in [-0.2, -0.15) is 5.26 Å². The molecule has 2 aromatic carbocycles. The van der Waals surface area contributed by atoms with E-state index in [-0.39, 0.29) is 17.9 Å². The summed E-state index contributed by atoms with van der Waals surface area (Å²) in [5, 5.41) is 14.4. The number of thiophene rings is 1. The van der Waals surface area contributed by atoms with Crippen LogP contribution in [0.15, 0.2) is 70.5 Å². The van der Waals surface area contributed by atoms with E-state index in [4.69, 9.17) is 18.6 Å². The zero-order chi connectivity index (χ0) is 25.5. The number of methoxy groups -OCH3 is 2. The maximum atomic E-state index is 12.6. The monoisotopic (exact) mass is 502 g/mol. The minimum atomic E-state index is -0.623. The highest BCUT2D eigenvalue weighted by Crippen LogP contribution is 2.42. The summed E-state index contributed by atoms with van der Waals surface area (Å²) in [6.45, 7) is -0.508. The maximum absolute atomic E-state index is 12.6. The van der Waals surface area contributed by atoms with Crippen molar-refractivity contribution in [2.24, 2.45) is 0 Å². The summed E-state index contributed by atoms with van der Waals surface area (Å²) in [5.74, 6) is 0.532. The van der Waals surface area contributed by atoms with E-state index in [9.17, 15) is 14.9 Å². The lowest BCUT2D eigenvalue weighted by Crippen LogP contribution is -2.21. The molecule has 0 aliphatic heterocycles. The Morgan fingerprint density at radius 2 is 1.61 bits per heavy atom. The molecule has 0 aliphatic carbocycles. The van der Waals surface area contributed by atoms with E-state index >= 15 is 0 Å². The molecule has 0 saturated carbocycles. The van der Waals surface area contributed by atoms with Gasteiger partial charge < -0.3 is 18.6 Å². The molecule has 0 aliphatic rings. The number of carbonyl (C=O) groups is 2. The first-order valence-corrected chi connectivity index (χ1v) is 11.7. The molecular weight excluding hydrogens is 480 g/mol. The van der Waals surface area contributed by atoms with Gasteiger partial charge in [0.05, 0.1) is 20.6 Å². The van der Waals surface area contributed by atoms with Gasteiger partial charge in [0.1, 0.15) is 28.9 Å². The second-order valence-corrected chi connectivity index (χ2v) is 8.58. The van der Waals surface area contributed by atoms with Gasteiger partial charge in [-0.25, -0.2) is 0 Å². The van der Waals surface area contributed by atoms with Crippen LogP contribution in [0, 0.1) is 11.3 Å². The van der Waals surface area contributed by atoms with E-state index in [0.717, 1.165) is 4.88 Å². The number of hydrogen-bond acceptors (Lipinski definition) is 8. The lowest BCUT2D eigenvalue weighted by molar-refractivity contribution is -0.146. The number of nitriles is 1. The Bertz CT molecular complexity index is 1380. The number of ether oxygens (including phenoxy) is 3. The standard InChI is InChI=1S/C27H22N2O6S/c1-32-19-9-5-17(6-10-19)25-22(15-28)27(35-26(25)18-7-11-20(33-2)12-8-18)29-23(30)16-34-24(31)14-21-4-3-13-36-21/h3-13H,14,16H2,1-2H3,(H,29,30). The zero-order valence-electron chi connectivity index (χ0n) is 19.6. The molecule has 0 fully saturated rings. The van der Waals surface area contributed by atoms with Gasteiger partial charge in [0.2, 0.25) is 5.88 Å². The largest absolute Gasteiger partial charge is 0.497 e. The van der Waals surface area contributed by atoms with Crippen LogP contribution in [0.25, 0.3) is 22.5 Å². The van der Waals surface area contributed by atoms with Crippen molar-refractivity contribution in [2.75, 3.05) is 26.1 Å². The van der Waals surface area contributed by atoms with E-state index in [1.165, 1.54) is 11.3 Å². The molecule has 2 aromatic heterocycles. The molecule has 0 radical (unpaired) electrons. The van der Waals surface area contributed by atoms with Gasteiger partial charge in [-0.1, -0.05) is 18.2 Å². The zero-order valence-corrected chi connectivity index (χ0v) is 20.4. The van der Waals surface area contributed by atoms with Crippen molar-refractivity contribution in [2.45, 2.75) is 6.42 Å². The SMILES string of the molecule is COc1ccc(-c2oc(NC(=O)COC(=O)Cc3cccs3)c(C#N)c2-c2ccc(OC)cc2)cc1. The van der Waals surface area contributed by atoms with Crippen LogP contribution in [0.4, 0.5) is 5.88 Å². The predicted octanol–water partition coefficient (Wildman–Crippen LogP) is 5.29. The third-order valence-electron chi connectivity index (χ3n) is 5.27. The number of amides is 1. The Balaban J connectivity index is 1.62. The smallest absolute Gasteiger partial charge is 0.311 e. The fourth-order valence-electron chi connectivity index (χ4n) is 3.52. The molecule has 1 amide bonds. The molecule has 2 heterocycles. The number of rotatable bonds is 9. The molecular formula is C27H22N2O6S. The van der Waals surface area contributed by atoms with Crippen LogP contribution in [0.1, 0.15) is 10.4 Å². The highest BCUT2D eigenvalue weighted by Gasteiger charge is 2.25. The molecule has 0 saturated heterocycles. The lowest BCUT2D eigenvalue weighted by atomic mass is 9.98. The number of nitrogens with one attached hydrogen (secondary N) is 1. The first-order valence-electron chi connectivity index (χ1n) is 10.9. The molecule has 8 nitrogen and oxygen atoms in total. The van der Waals surface area contributed by atoms with Crippen LogP contribution in [0.5, 0.6) is 11.5 Å². The third-order valence-corrected chi connectivity index (χ3v) is 6.14. The van der Waals surface area contributed by atoms with Crippen molar-refractivity contribution in [3.63, 3.8) is 0 Å². The van der Waals surface area contributed by atoms with Gasteiger partial charge in [0.15, 0.2) is 6.61 Å². The van der Waals surface area contributed by atoms with Gasteiger partial charge in [0, 0.05) is 16.0 Å². The minimum Gasteiger partial charge on any atom is -0.497 e. The van der Waals surface area contributed by atoms with Crippen molar-refractivity contribution >= 4 is 29.1 Å². The summed E-state index contributed by atoms with van der Waals surface area (Å²) >= 11 is 1.43. The highest BCUT2D eigenvalue weighted by atomic mass is 32.1. The second kappa shape index (κ2) is 11.3. The highest BCUT2D eigenvalue weighted by molar-refractivity contribution is 7.10. The van der Waals surface area contributed by atoms with Crippen molar-refractivity contribution in [3.05, 3.63) is 76.5 Å². The van der Waals surface area contributed by atoms with E-state index in [1.807, 2.05) is 17.5 Å². The average Bonchev–Trinajstić information content (AvgIpc) is 3.55. The topological polar surface area (TPSA) is 111 Å². The molecule has 0 spiro atoms. The molecule has 36 heavy (non-hydrogen) atoms. The van der Waals surface area contributed by atoms with Gasteiger partial charge in [-0.15, -0.1) is 11.3 Å². The Labute approximate surface area is 211 Å². The van der Waals surface area contributed by atoms with Crippen LogP contribution in [-0.2, 0) is 20.7 Å². The van der Waals surface area contributed by atoms with Gasteiger partial charge in [-0.05, 0) is 53.4 Å². The second-order valence-electron chi connectivity index (χ2n) is 7.54. The van der Waals surface area contributed by atoms with Crippen LogP contribution in [0.3, 0.4) is 0 Å². The fourth-order valence-corrected chi connectivity index (χ4v) is 4.21. The Hall–Kier alpha value is -4.55. The Morgan fingerprint density at radius 3 is 2.17 bits per heavy atom. The van der Waals surface area contributed by atoms with Crippen molar-refractivity contribution in [3.8, 4) is 40.0 Å².